The Kier molecular flexibility index (Phi) is 5.47. The first-order valence-electron chi connectivity index (χ1n) is 8.04. The van der Waals surface area contributed by atoms with Crippen LogP contribution in [0.1, 0.15) is 17.8 Å². The molecule has 0 unspecified atom stereocenters. The molecular formula is C16H19F3N2O3S. The second kappa shape index (κ2) is 7.45. The lowest BCUT2D eigenvalue weighted by molar-refractivity contribution is -0.274. The fraction of sp³-hybridized carbons (Fsp3) is 0.562. The van der Waals surface area contributed by atoms with Crippen LogP contribution in [0.5, 0.6) is 5.75 Å². The Balaban J connectivity index is 1.59. The molecule has 138 valence electrons. The van der Waals surface area contributed by atoms with Crippen molar-refractivity contribution in [2.45, 2.75) is 37.8 Å². The van der Waals surface area contributed by atoms with E-state index < -0.39 is 12.5 Å². The van der Waals surface area contributed by atoms with Crippen LogP contribution in [0.2, 0.25) is 0 Å². The van der Waals surface area contributed by atoms with Gasteiger partial charge in [0.25, 0.3) is 0 Å². The molecule has 3 rings (SSSR count). The highest BCUT2D eigenvalue weighted by Gasteiger charge is 2.32. The summed E-state index contributed by atoms with van der Waals surface area (Å²) in [4.78, 5) is 6.44. The summed E-state index contributed by atoms with van der Waals surface area (Å²) in [5, 5.41) is 19.9. The zero-order chi connectivity index (χ0) is 18.0. The Morgan fingerprint density at radius 2 is 2.16 bits per heavy atom. The number of alkyl halides is 3. The number of nitrogens with zero attached hydrogens (tertiary/aromatic N) is 2. The first kappa shape index (κ1) is 18.4. The summed E-state index contributed by atoms with van der Waals surface area (Å²) >= 11 is 1.45. The molecule has 1 fully saturated rings. The van der Waals surface area contributed by atoms with E-state index in [1.165, 1.54) is 23.5 Å². The molecule has 0 amide bonds. The molecule has 2 N–H and O–H groups in total. The number of aromatic nitrogens is 1. The molecule has 0 aliphatic carbocycles. The molecule has 2 heterocycles. The minimum Gasteiger partial charge on any atom is -0.406 e. The highest BCUT2D eigenvalue weighted by molar-refractivity contribution is 7.18. The predicted molar refractivity (Wildman–Crippen MR) is 87.7 cm³/mol. The number of rotatable bonds is 6. The lowest BCUT2D eigenvalue weighted by Gasteiger charge is -2.23. The number of thiazole rings is 1. The second-order valence-electron chi connectivity index (χ2n) is 6.03. The van der Waals surface area contributed by atoms with E-state index in [4.69, 9.17) is 0 Å². The molecule has 9 heteroatoms. The molecule has 0 saturated carbocycles. The second-order valence-corrected chi connectivity index (χ2v) is 7.15. The van der Waals surface area contributed by atoms with Crippen molar-refractivity contribution in [1.82, 2.24) is 9.88 Å². The van der Waals surface area contributed by atoms with Crippen molar-refractivity contribution in [3.63, 3.8) is 0 Å². The number of hydrogen-bond donors (Lipinski definition) is 2. The quantitative estimate of drug-likeness (QED) is 0.811. The Hall–Kier alpha value is -1.42. The maximum Gasteiger partial charge on any atom is 0.573 e. The van der Waals surface area contributed by atoms with E-state index in [1.54, 1.807) is 6.07 Å². The molecule has 25 heavy (non-hydrogen) atoms. The Morgan fingerprint density at radius 3 is 2.88 bits per heavy atom. The highest BCUT2D eigenvalue weighted by atomic mass is 32.1. The van der Waals surface area contributed by atoms with Gasteiger partial charge in [-0.15, -0.1) is 24.5 Å². The standard InChI is InChI=1S/C16H19F3N2O3S/c17-16(18,19)24-10-3-4-14-11(8-10)20-15(25-14)2-1-6-21-7-5-13(23)12(21)9-22/h3-4,8,12-13,22-23H,1-2,5-7,9H2/t12-,13+/m0/s1. The lowest BCUT2D eigenvalue weighted by atomic mass is 10.2. The van der Waals surface area contributed by atoms with Crippen LogP contribution < -0.4 is 4.74 Å². The number of aliphatic hydroxyl groups is 2. The molecule has 1 aliphatic rings. The summed E-state index contributed by atoms with van der Waals surface area (Å²) < 4.78 is 41.5. The van der Waals surface area contributed by atoms with Crippen molar-refractivity contribution in [2.75, 3.05) is 19.7 Å². The van der Waals surface area contributed by atoms with Crippen molar-refractivity contribution in [1.29, 1.82) is 0 Å². The Labute approximate surface area is 146 Å². The number of ether oxygens (including phenoxy) is 1. The topological polar surface area (TPSA) is 65.8 Å². The molecule has 0 radical (unpaired) electrons. The fourth-order valence-electron chi connectivity index (χ4n) is 3.11. The van der Waals surface area contributed by atoms with Gasteiger partial charge in [0, 0.05) is 19.0 Å². The highest BCUT2D eigenvalue weighted by Crippen LogP contribution is 2.30. The minimum absolute atomic E-state index is 0.0652. The van der Waals surface area contributed by atoms with E-state index >= 15 is 0 Å². The molecule has 1 saturated heterocycles. The average Bonchev–Trinajstić information content (AvgIpc) is 3.08. The van der Waals surface area contributed by atoms with E-state index in [9.17, 15) is 23.4 Å². The normalized spacial score (nSPS) is 22.0. The van der Waals surface area contributed by atoms with E-state index in [2.05, 4.69) is 14.6 Å². The van der Waals surface area contributed by atoms with Crippen LogP contribution in [0.3, 0.4) is 0 Å². The van der Waals surface area contributed by atoms with Gasteiger partial charge in [0.15, 0.2) is 0 Å². The molecule has 2 atom stereocenters. The fourth-order valence-corrected chi connectivity index (χ4v) is 4.10. The predicted octanol–water partition coefficient (Wildman–Crippen LogP) is 2.56. The molecule has 0 spiro atoms. The van der Waals surface area contributed by atoms with Crippen molar-refractivity contribution in [2.24, 2.45) is 0 Å². The molecular weight excluding hydrogens is 357 g/mol. The molecule has 2 aromatic rings. The minimum atomic E-state index is -4.71. The third-order valence-electron chi connectivity index (χ3n) is 4.29. The first-order valence-corrected chi connectivity index (χ1v) is 8.85. The summed E-state index contributed by atoms with van der Waals surface area (Å²) in [7, 11) is 0. The smallest absolute Gasteiger partial charge is 0.406 e. The third-order valence-corrected chi connectivity index (χ3v) is 5.38. The Bertz CT molecular complexity index is 722. The molecule has 0 bridgehead atoms. The van der Waals surface area contributed by atoms with Gasteiger partial charge in [-0.05, 0) is 31.5 Å². The van der Waals surface area contributed by atoms with E-state index in [0.29, 0.717) is 18.4 Å². The summed E-state index contributed by atoms with van der Waals surface area (Å²) in [5.74, 6) is -0.270. The zero-order valence-electron chi connectivity index (χ0n) is 13.4. The monoisotopic (exact) mass is 376 g/mol. The van der Waals surface area contributed by atoms with Crippen LogP contribution in [0.15, 0.2) is 18.2 Å². The number of likely N-dealkylation sites (tertiary alicyclic amines) is 1. The van der Waals surface area contributed by atoms with Crippen LogP contribution in [-0.2, 0) is 6.42 Å². The number of benzene rings is 1. The Morgan fingerprint density at radius 1 is 1.36 bits per heavy atom. The van der Waals surface area contributed by atoms with Crippen LogP contribution in [0, 0.1) is 0 Å². The van der Waals surface area contributed by atoms with Crippen molar-refractivity contribution in [3.05, 3.63) is 23.2 Å². The van der Waals surface area contributed by atoms with Gasteiger partial charge in [-0.3, -0.25) is 4.90 Å². The maximum atomic E-state index is 12.3. The van der Waals surface area contributed by atoms with Crippen LogP contribution in [-0.4, -0.2) is 58.3 Å². The number of aliphatic hydroxyl groups excluding tert-OH is 2. The average molecular weight is 376 g/mol. The van der Waals surface area contributed by atoms with Crippen LogP contribution >= 0.6 is 11.3 Å². The number of halogens is 3. The van der Waals surface area contributed by atoms with Gasteiger partial charge >= 0.3 is 6.36 Å². The van der Waals surface area contributed by atoms with Gasteiger partial charge in [0.1, 0.15) is 5.75 Å². The zero-order valence-corrected chi connectivity index (χ0v) is 14.2. The van der Waals surface area contributed by atoms with E-state index in [-0.39, 0.29) is 18.4 Å². The van der Waals surface area contributed by atoms with E-state index in [1.807, 2.05) is 0 Å². The summed E-state index contributed by atoms with van der Waals surface area (Å²) in [5.41, 5.74) is 0.492. The maximum absolute atomic E-state index is 12.3. The SMILES string of the molecule is OC[C@H]1[C@H](O)CCN1CCCc1nc2cc(OC(F)(F)F)ccc2s1. The van der Waals surface area contributed by atoms with Gasteiger partial charge in [-0.1, -0.05) is 0 Å². The van der Waals surface area contributed by atoms with Crippen molar-refractivity contribution < 1.29 is 28.1 Å². The number of hydrogen-bond acceptors (Lipinski definition) is 6. The lowest BCUT2D eigenvalue weighted by Crippen LogP contribution is -2.38. The molecule has 1 aromatic carbocycles. The molecule has 5 nitrogen and oxygen atoms in total. The summed E-state index contributed by atoms with van der Waals surface area (Å²) in [6.07, 6.45) is -3.04. The van der Waals surface area contributed by atoms with Gasteiger partial charge in [0.2, 0.25) is 0 Å². The van der Waals surface area contributed by atoms with E-state index in [0.717, 1.165) is 29.2 Å². The third kappa shape index (κ3) is 4.60. The number of fused-ring (bicyclic) bond motifs is 1. The van der Waals surface area contributed by atoms with Crippen LogP contribution in [0.25, 0.3) is 10.2 Å². The molecule has 1 aromatic heterocycles. The van der Waals surface area contributed by atoms with Crippen molar-refractivity contribution in [3.8, 4) is 5.75 Å². The van der Waals surface area contributed by atoms with Crippen LogP contribution in [0.4, 0.5) is 13.2 Å². The van der Waals surface area contributed by atoms with Gasteiger partial charge in [0.05, 0.1) is 34.0 Å². The number of aryl methyl sites for hydroxylation is 1. The van der Waals surface area contributed by atoms with Gasteiger partial charge in [-0.2, -0.15) is 0 Å². The van der Waals surface area contributed by atoms with Crippen molar-refractivity contribution >= 4 is 21.6 Å². The molecule has 1 aliphatic heterocycles. The first-order chi connectivity index (χ1) is 11.9. The van der Waals surface area contributed by atoms with Gasteiger partial charge < -0.3 is 14.9 Å². The summed E-state index contributed by atoms with van der Waals surface area (Å²) in [6.45, 7) is 1.43. The van der Waals surface area contributed by atoms with Gasteiger partial charge in [-0.25, -0.2) is 4.98 Å². The summed E-state index contributed by atoms with van der Waals surface area (Å²) in [6, 6.07) is 3.95. The largest absolute Gasteiger partial charge is 0.573 e.